The molecular weight excluding hydrogens is 253 g/mol. The van der Waals surface area contributed by atoms with Crippen molar-refractivity contribution >= 4 is 21.9 Å². The molecule has 1 aromatic carbocycles. The van der Waals surface area contributed by atoms with Crippen LogP contribution in [0.4, 0.5) is 10.4 Å². The third-order valence-electron chi connectivity index (χ3n) is 1.60. The molecule has 0 aliphatic heterocycles. The average Bonchev–Trinajstić information content (AvgIpc) is 2.56. The van der Waals surface area contributed by atoms with Gasteiger partial charge in [-0.1, -0.05) is 5.10 Å². The lowest BCUT2D eigenvalue weighted by Crippen LogP contribution is -1.82. The number of aromatic nitrogens is 2. The van der Waals surface area contributed by atoms with Crippen molar-refractivity contribution in [2.45, 2.75) is 0 Å². The van der Waals surface area contributed by atoms with Gasteiger partial charge in [-0.3, -0.25) is 0 Å². The Morgan fingerprint density at radius 1 is 1.36 bits per heavy atom. The molecule has 14 heavy (non-hydrogen) atoms. The molecule has 4 nitrogen and oxygen atoms in total. The monoisotopic (exact) mass is 257 g/mol. The van der Waals surface area contributed by atoms with E-state index < -0.39 is 0 Å². The van der Waals surface area contributed by atoms with Gasteiger partial charge in [0, 0.05) is 4.47 Å². The second-order valence-corrected chi connectivity index (χ2v) is 3.42. The maximum Gasteiger partial charge on any atom is 0.313 e. The van der Waals surface area contributed by atoms with Crippen molar-refractivity contribution in [2.24, 2.45) is 0 Å². The van der Waals surface area contributed by atoms with Gasteiger partial charge in [0.2, 0.25) is 0 Å². The Labute approximate surface area is 87.1 Å². The molecule has 0 fully saturated rings. The zero-order chi connectivity index (χ0) is 10.1. The predicted octanol–water partition coefficient (Wildman–Crippen LogP) is 2.22. The fourth-order valence-electron chi connectivity index (χ4n) is 1.00. The van der Waals surface area contributed by atoms with E-state index in [0.717, 1.165) is 0 Å². The molecule has 0 radical (unpaired) electrons. The minimum absolute atomic E-state index is 0.0452. The zero-order valence-corrected chi connectivity index (χ0v) is 8.45. The van der Waals surface area contributed by atoms with Crippen molar-refractivity contribution in [3.8, 4) is 11.5 Å². The molecule has 0 saturated heterocycles. The molecule has 0 aliphatic carbocycles. The minimum Gasteiger partial charge on any atom is -0.404 e. The highest BCUT2D eigenvalue weighted by atomic mass is 79.9. The maximum absolute atomic E-state index is 12.9. The molecule has 0 atom stereocenters. The van der Waals surface area contributed by atoms with Crippen LogP contribution in [0.1, 0.15) is 0 Å². The highest BCUT2D eigenvalue weighted by molar-refractivity contribution is 9.10. The lowest BCUT2D eigenvalue weighted by molar-refractivity contribution is 0.586. The predicted molar refractivity (Wildman–Crippen MR) is 51.8 cm³/mol. The number of nitrogens with two attached hydrogens (primary N) is 1. The van der Waals surface area contributed by atoms with Crippen LogP contribution in [0.3, 0.4) is 0 Å². The molecule has 72 valence electrons. The summed E-state index contributed by atoms with van der Waals surface area (Å²) in [5, 5.41) is 7.13. The summed E-state index contributed by atoms with van der Waals surface area (Å²) in [4.78, 5) is 0. The summed E-state index contributed by atoms with van der Waals surface area (Å²) in [6.45, 7) is 0. The number of hydrogen-bond donors (Lipinski definition) is 1. The highest BCUT2D eigenvalue weighted by Gasteiger charge is 2.10. The number of rotatable bonds is 1. The molecule has 2 N–H and O–H groups in total. The first-order valence-corrected chi connectivity index (χ1v) is 4.50. The van der Waals surface area contributed by atoms with Crippen LogP contribution in [0.25, 0.3) is 11.5 Å². The standard InChI is InChI=1S/C8H5BrFN3O/c9-6-2-1-4(10)3-5(6)7-12-13-8(11)14-7/h1-3H,(H2,11,13). The van der Waals surface area contributed by atoms with Gasteiger partial charge in [-0.25, -0.2) is 4.39 Å². The van der Waals surface area contributed by atoms with Crippen LogP contribution in [0.2, 0.25) is 0 Å². The molecule has 0 saturated carbocycles. The third kappa shape index (κ3) is 1.60. The van der Waals surface area contributed by atoms with Gasteiger partial charge in [0.15, 0.2) is 0 Å². The van der Waals surface area contributed by atoms with Crippen molar-refractivity contribution < 1.29 is 8.81 Å². The summed E-state index contributed by atoms with van der Waals surface area (Å²) in [5.41, 5.74) is 5.74. The van der Waals surface area contributed by atoms with E-state index in [1.165, 1.54) is 12.1 Å². The summed E-state index contributed by atoms with van der Waals surface area (Å²) < 4.78 is 18.5. The Hall–Kier alpha value is -1.43. The van der Waals surface area contributed by atoms with E-state index in [0.29, 0.717) is 10.0 Å². The van der Waals surface area contributed by atoms with Gasteiger partial charge in [0.05, 0.1) is 5.56 Å². The van der Waals surface area contributed by atoms with Gasteiger partial charge in [0.25, 0.3) is 5.89 Å². The normalized spacial score (nSPS) is 10.4. The Bertz CT molecular complexity index is 471. The molecule has 0 amide bonds. The van der Waals surface area contributed by atoms with Crippen LogP contribution in [-0.2, 0) is 0 Å². The number of nitrogens with zero attached hydrogens (tertiary/aromatic N) is 2. The molecule has 1 heterocycles. The summed E-state index contributed by atoms with van der Waals surface area (Å²) in [5.74, 6) is -0.186. The minimum atomic E-state index is -0.375. The lowest BCUT2D eigenvalue weighted by atomic mass is 10.2. The zero-order valence-electron chi connectivity index (χ0n) is 6.87. The van der Waals surface area contributed by atoms with Crippen LogP contribution in [0.5, 0.6) is 0 Å². The first-order chi connectivity index (χ1) is 6.66. The number of benzene rings is 1. The Morgan fingerprint density at radius 3 is 2.79 bits per heavy atom. The quantitative estimate of drug-likeness (QED) is 0.851. The summed E-state index contributed by atoms with van der Waals surface area (Å²) in [6.07, 6.45) is 0. The molecule has 2 rings (SSSR count). The lowest BCUT2D eigenvalue weighted by Gasteiger charge is -1.98. The van der Waals surface area contributed by atoms with Crippen molar-refractivity contribution in [3.63, 3.8) is 0 Å². The number of hydrogen-bond acceptors (Lipinski definition) is 4. The molecule has 2 aromatic rings. The van der Waals surface area contributed by atoms with Gasteiger partial charge in [-0.05, 0) is 34.1 Å². The molecule has 6 heteroatoms. The molecular formula is C8H5BrFN3O. The van der Waals surface area contributed by atoms with E-state index in [9.17, 15) is 4.39 Å². The first kappa shape index (κ1) is 9.14. The number of nitrogen functional groups attached to an aromatic ring is 1. The van der Waals surface area contributed by atoms with Crippen LogP contribution in [0.15, 0.2) is 27.1 Å². The van der Waals surface area contributed by atoms with Crippen LogP contribution < -0.4 is 5.73 Å². The van der Waals surface area contributed by atoms with Gasteiger partial charge >= 0.3 is 6.01 Å². The summed E-state index contributed by atoms with van der Waals surface area (Å²) in [7, 11) is 0. The van der Waals surface area contributed by atoms with E-state index >= 15 is 0 Å². The summed E-state index contributed by atoms with van der Waals surface area (Å²) >= 11 is 3.24. The molecule has 1 aromatic heterocycles. The van der Waals surface area contributed by atoms with Crippen molar-refractivity contribution in [3.05, 3.63) is 28.5 Å². The Kier molecular flexibility index (Phi) is 2.20. The fraction of sp³-hybridized carbons (Fsp3) is 0. The van der Waals surface area contributed by atoms with Crippen molar-refractivity contribution in [1.82, 2.24) is 10.2 Å². The Morgan fingerprint density at radius 2 is 2.14 bits per heavy atom. The van der Waals surface area contributed by atoms with Crippen LogP contribution >= 0.6 is 15.9 Å². The fourth-order valence-corrected chi connectivity index (χ4v) is 1.42. The van der Waals surface area contributed by atoms with Crippen molar-refractivity contribution in [2.75, 3.05) is 5.73 Å². The Balaban J connectivity index is 2.55. The van der Waals surface area contributed by atoms with Gasteiger partial charge < -0.3 is 10.2 Å². The van der Waals surface area contributed by atoms with E-state index in [2.05, 4.69) is 26.1 Å². The van der Waals surface area contributed by atoms with Gasteiger partial charge in [-0.15, -0.1) is 5.10 Å². The van der Waals surface area contributed by atoms with Gasteiger partial charge in [0.1, 0.15) is 5.82 Å². The molecule has 0 spiro atoms. The largest absolute Gasteiger partial charge is 0.404 e. The average molecular weight is 258 g/mol. The van der Waals surface area contributed by atoms with E-state index in [-0.39, 0.29) is 17.7 Å². The smallest absolute Gasteiger partial charge is 0.313 e. The topological polar surface area (TPSA) is 64.9 Å². The second kappa shape index (κ2) is 3.38. The molecule has 0 bridgehead atoms. The number of anilines is 1. The van der Waals surface area contributed by atoms with E-state index in [1.807, 2.05) is 0 Å². The highest BCUT2D eigenvalue weighted by Crippen LogP contribution is 2.28. The van der Waals surface area contributed by atoms with E-state index in [1.54, 1.807) is 6.07 Å². The second-order valence-electron chi connectivity index (χ2n) is 2.57. The van der Waals surface area contributed by atoms with Gasteiger partial charge in [-0.2, -0.15) is 0 Å². The molecule has 0 unspecified atom stereocenters. The summed E-state index contributed by atoms with van der Waals surface area (Å²) in [6, 6.07) is 4.13. The first-order valence-electron chi connectivity index (χ1n) is 3.71. The third-order valence-corrected chi connectivity index (χ3v) is 2.29. The van der Waals surface area contributed by atoms with E-state index in [4.69, 9.17) is 10.2 Å². The van der Waals surface area contributed by atoms with Crippen LogP contribution in [0, 0.1) is 5.82 Å². The van der Waals surface area contributed by atoms with Crippen LogP contribution in [-0.4, -0.2) is 10.2 Å². The van der Waals surface area contributed by atoms with Crippen molar-refractivity contribution in [1.29, 1.82) is 0 Å². The SMILES string of the molecule is Nc1nnc(-c2cc(F)ccc2Br)o1. The number of halogens is 2. The molecule has 0 aliphatic rings. The maximum atomic E-state index is 12.9.